The Kier molecular flexibility index (Phi) is 5.86. The molecule has 0 saturated heterocycles. The van der Waals surface area contributed by atoms with Crippen LogP contribution in [0.5, 0.6) is 0 Å². The maximum Gasteiger partial charge on any atom is 0.460 e. The van der Waals surface area contributed by atoms with E-state index in [1.54, 1.807) is 0 Å². The lowest BCUT2D eigenvalue weighted by atomic mass is 9.95. The molecule has 0 rings (SSSR count). The number of hydrogen-bond acceptors (Lipinski definition) is 0. The topological polar surface area (TPSA) is 0 Å². The lowest BCUT2D eigenvalue weighted by molar-refractivity contribution is -0.404. The van der Waals surface area contributed by atoms with E-state index in [0.29, 0.717) is 0 Å². The summed E-state index contributed by atoms with van der Waals surface area (Å²) in [7, 11) is 0. The zero-order valence-corrected chi connectivity index (χ0v) is 12.1. The quantitative estimate of drug-likeness (QED) is 0.248. The van der Waals surface area contributed by atoms with Crippen LogP contribution < -0.4 is 0 Å². The Bertz CT molecular complexity index is 421. The molecule has 23 heavy (non-hydrogen) atoms. The van der Waals surface area contributed by atoms with Crippen molar-refractivity contribution in [1.82, 2.24) is 0 Å². The van der Waals surface area contributed by atoms with Crippen LogP contribution in [0.3, 0.4) is 0 Å². The molecule has 0 aromatic heterocycles. The smallest absolute Gasteiger partial charge is 0.229 e. The summed E-state index contributed by atoms with van der Waals surface area (Å²) in [4.78, 5) is 0. The Hall–Kier alpha value is -0.250. The Morgan fingerprint density at radius 1 is 0.609 bits per heavy atom. The normalized spacial score (nSPS) is 17.3. The molecule has 0 amide bonds. The Balaban J connectivity index is 5.83. The van der Waals surface area contributed by atoms with Crippen molar-refractivity contribution >= 4 is 22.6 Å². The monoisotopic (exact) mass is 492 g/mol. The van der Waals surface area contributed by atoms with Crippen molar-refractivity contribution in [1.29, 1.82) is 0 Å². The van der Waals surface area contributed by atoms with Gasteiger partial charge in [-0.1, -0.05) is 0 Å². The van der Waals surface area contributed by atoms with Gasteiger partial charge in [-0.2, -0.15) is 57.1 Å². The van der Waals surface area contributed by atoms with Gasteiger partial charge in [0, 0.05) is 0 Å². The van der Waals surface area contributed by atoms with E-state index < -0.39 is 46.4 Å². The fraction of sp³-hybridized carbons (Fsp3) is 1.00. The average molecular weight is 492 g/mol. The molecule has 0 N–H and O–H groups in total. The summed E-state index contributed by atoms with van der Waals surface area (Å²) in [5, 5.41) is 0. The van der Waals surface area contributed by atoms with Crippen molar-refractivity contribution in [2.75, 3.05) is 0 Å². The number of hydrogen-bond donors (Lipinski definition) is 0. The summed E-state index contributed by atoms with van der Waals surface area (Å²) in [6, 6.07) is 0. The van der Waals surface area contributed by atoms with Crippen LogP contribution in [0.1, 0.15) is 6.42 Å². The minimum atomic E-state index is -7.51. The lowest BCUT2D eigenvalue weighted by Gasteiger charge is -2.36. The van der Waals surface area contributed by atoms with Crippen LogP contribution >= 0.6 is 22.6 Å². The summed E-state index contributed by atoms with van der Waals surface area (Å²) in [5.41, 5.74) is 0. The van der Waals surface area contributed by atoms with Crippen molar-refractivity contribution in [3.63, 3.8) is 0 Å². The van der Waals surface area contributed by atoms with Gasteiger partial charge in [0.2, 0.25) is 4.18 Å². The predicted octanol–water partition coefficient (Wildman–Crippen LogP) is 5.85. The summed E-state index contributed by atoms with van der Waals surface area (Å²) in [6.45, 7) is 0. The molecule has 0 aromatic carbocycles. The largest absolute Gasteiger partial charge is 0.460 e. The highest BCUT2D eigenvalue weighted by Crippen LogP contribution is 2.57. The van der Waals surface area contributed by atoms with E-state index in [1.165, 1.54) is 0 Å². The third kappa shape index (κ3) is 3.72. The van der Waals surface area contributed by atoms with Gasteiger partial charge in [0.05, 0.1) is 6.42 Å². The van der Waals surface area contributed by atoms with Gasteiger partial charge < -0.3 is 0 Å². The molecule has 1 unspecified atom stereocenters. The van der Waals surface area contributed by atoms with Crippen molar-refractivity contribution < 1.29 is 61.5 Å². The zero-order chi connectivity index (χ0) is 19.3. The molecule has 15 heteroatoms. The summed E-state index contributed by atoms with van der Waals surface area (Å²) in [5.74, 6) is -34.3. The van der Waals surface area contributed by atoms with Gasteiger partial charge in [0.25, 0.3) is 0 Å². The fourth-order valence-electron chi connectivity index (χ4n) is 1.08. The van der Waals surface area contributed by atoms with Gasteiger partial charge in [-0.25, -0.2) is 4.39 Å². The first-order valence-corrected chi connectivity index (χ1v) is 6.13. The van der Waals surface area contributed by atoms with Crippen molar-refractivity contribution in [2.24, 2.45) is 0 Å². The molecular formula is C8H3F14I. The molecule has 0 aliphatic carbocycles. The zero-order valence-electron chi connectivity index (χ0n) is 9.95. The second-order valence-corrected chi connectivity index (χ2v) is 5.25. The first-order valence-electron chi connectivity index (χ1n) is 4.89. The molecule has 0 bridgehead atoms. The first-order chi connectivity index (χ1) is 9.65. The lowest BCUT2D eigenvalue weighted by Crippen LogP contribution is -2.63. The van der Waals surface area contributed by atoms with E-state index in [2.05, 4.69) is 0 Å². The second kappa shape index (κ2) is 5.93. The van der Waals surface area contributed by atoms with Crippen LogP contribution in [-0.2, 0) is 0 Å². The molecule has 0 radical (unpaired) electrons. The van der Waals surface area contributed by atoms with E-state index in [9.17, 15) is 61.5 Å². The van der Waals surface area contributed by atoms with Gasteiger partial charge in [0.15, 0.2) is 0 Å². The van der Waals surface area contributed by atoms with E-state index in [1.807, 2.05) is 0 Å². The van der Waals surface area contributed by atoms with Gasteiger partial charge >= 0.3 is 35.8 Å². The highest BCUT2D eigenvalue weighted by Gasteiger charge is 2.83. The molecule has 0 spiro atoms. The summed E-state index contributed by atoms with van der Waals surface area (Å²) in [6.07, 6.45) is -11.4. The van der Waals surface area contributed by atoms with Crippen LogP contribution in [0.15, 0.2) is 0 Å². The maximum atomic E-state index is 12.8. The molecule has 0 nitrogen and oxygen atoms in total. The fourth-order valence-corrected chi connectivity index (χ4v) is 1.53. The van der Waals surface area contributed by atoms with Crippen molar-refractivity contribution in [3.8, 4) is 0 Å². The van der Waals surface area contributed by atoms with Gasteiger partial charge in [-0.3, -0.25) is 0 Å². The first kappa shape index (κ1) is 22.8. The Labute approximate surface area is 131 Å². The molecule has 0 fully saturated rings. The maximum absolute atomic E-state index is 12.8. The van der Waals surface area contributed by atoms with Gasteiger partial charge in [-0.15, -0.1) is 0 Å². The third-order valence-corrected chi connectivity index (χ3v) is 3.20. The highest BCUT2D eigenvalue weighted by atomic mass is 127. The molecule has 0 aliphatic heterocycles. The second-order valence-electron chi connectivity index (χ2n) is 4.16. The van der Waals surface area contributed by atoms with Gasteiger partial charge in [-0.05, 0) is 22.6 Å². The Morgan fingerprint density at radius 2 is 0.957 bits per heavy atom. The van der Waals surface area contributed by atoms with Crippen molar-refractivity contribution in [3.05, 3.63) is 0 Å². The number of rotatable bonds is 6. The van der Waals surface area contributed by atoms with E-state index in [0.717, 1.165) is 0 Å². The van der Waals surface area contributed by atoms with Crippen LogP contribution in [0.4, 0.5) is 61.5 Å². The van der Waals surface area contributed by atoms with Crippen LogP contribution in [-0.4, -0.2) is 40.0 Å². The molecule has 0 heterocycles. The summed E-state index contributed by atoms with van der Waals surface area (Å²) >= 11 is -0.0453. The molecule has 0 saturated carbocycles. The highest BCUT2D eigenvalue weighted by molar-refractivity contribution is 14.1. The minimum Gasteiger partial charge on any atom is -0.229 e. The molecule has 0 aliphatic rings. The summed E-state index contributed by atoms with van der Waals surface area (Å²) < 4.78 is 170. The molecular weight excluding hydrogens is 489 g/mol. The van der Waals surface area contributed by atoms with Crippen molar-refractivity contribution in [2.45, 2.75) is 46.4 Å². The molecule has 140 valence electrons. The van der Waals surface area contributed by atoms with Crippen LogP contribution in [0, 0.1) is 0 Å². The van der Waals surface area contributed by atoms with E-state index in [4.69, 9.17) is 0 Å². The SMILES string of the molecule is FC(I)C(F)(F)C(F)(F)CC(F)(F)C(F)(F)C(F)(F)C(F)(F)F. The Morgan fingerprint density at radius 3 is 1.22 bits per heavy atom. The molecule has 0 aromatic rings. The van der Waals surface area contributed by atoms with Crippen LogP contribution in [0.2, 0.25) is 0 Å². The van der Waals surface area contributed by atoms with Gasteiger partial charge in [0.1, 0.15) is 0 Å². The minimum absolute atomic E-state index is 0.0453. The molecule has 1 atom stereocenters. The number of halogens is 15. The third-order valence-electron chi connectivity index (χ3n) is 2.42. The van der Waals surface area contributed by atoms with Crippen LogP contribution in [0.25, 0.3) is 0 Å². The number of alkyl halides is 15. The average Bonchev–Trinajstić information content (AvgIpc) is 2.24. The standard InChI is InChI=1S/C8H3F14I/c9-2(23)5(14,15)3(10,11)1-4(12,13)6(16,17)7(18,19)8(20,21)22/h2H,1H2. The van der Waals surface area contributed by atoms with E-state index >= 15 is 0 Å². The van der Waals surface area contributed by atoms with E-state index in [-0.39, 0.29) is 22.6 Å². The predicted molar refractivity (Wildman–Crippen MR) is 54.3 cm³/mol.